The Hall–Kier alpha value is -0.640. The Labute approximate surface area is 96.6 Å². The second kappa shape index (κ2) is 3.85. The summed E-state index contributed by atoms with van der Waals surface area (Å²) in [4.78, 5) is 3.92. The fourth-order valence-electron chi connectivity index (χ4n) is 1.11. The number of fused-ring (bicyclic) bond motifs is 1. The van der Waals surface area contributed by atoms with Crippen molar-refractivity contribution in [3.63, 3.8) is 0 Å². The average molecular weight is 254 g/mol. The molecule has 0 spiro atoms. The number of nitrogens with zero attached hydrogens (tertiary/aromatic N) is 1. The maximum Gasteiger partial charge on any atom is 0.293 e. The molecule has 0 atom stereocenters. The molecule has 1 aromatic heterocycles. The van der Waals surface area contributed by atoms with E-state index in [9.17, 15) is 0 Å². The SMILES string of the molecule is Cc1c(Cl)cc2nc(N)oc2c1Cl.Cl. The molecule has 0 aliphatic heterocycles. The monoisotopic (exact) mass is 252 g/mol. The molecule has 0 radical (unpaired) electrons. The van der Waals surface area contributed by atoms with Gasteiger partial charge in [-0.3, -0.25) is 0 Å². The molecule has 0 unspecified atom stereocenters. The van der Waals surface area contributed by atoms with Crippen LogP contribution in [-0.2, 0) is 0 Å². The molecule has 6 heteroatoms. The number of nitrogens with two attached hydrogens (primary N) is 1. The molecular weight excluding hydrogens is 246 g/mol. The quantitative estimate of drug-likeness (QED) is 0.782. The lowest BCUT2D eigenvalue weighted by atomic mass is 10.2. The zero-order valence-electron chi connectivity index (χ0n) is 7.17. The third-order valence-electron chi connectivity index (χ3n) is 1.82. The number of anilines is 1. The summed E-state index contributed by atoms with van der Waals surface area (Å²) in [6.07, 6.45) is 0. The number of hydrogen-bond acceptors (Lipinski definition) is 3. The second-order valence-corrected chi connectivity index (χ2v) is 3.48. The minimum Gasteiger partial charge on any atom is -0.422 e. The van der Waals surface area contributed by atoms with Crippen LogP contribution in [0.25, 0.3) is 11.1 Å². The van der Waals surface area contributed by atoms with Gasteiger partial charge in [0.2, 0.25) is 0 Å². The number of aromatic nitrogens is 1. The highest BCUT2D eigenvalue weighted by Crippen LogP contribution is 2.33. The van der Waals surface area contributed by atoms with Gasteiger partial charge in [-0.15, -0.1) is 12.4 Å². The first-order valence-electron chi connectivity index (χ1n) is 3.60. The summed E-state index contributed by atoms with van der Waals surface area (Å²) >= 11 is 11.9. The molecule has 1 heterocycles. The van der Waals surface area contributed by atoms with Gasteiger partial charge < -0.3 is 10.2 Å². The van der Waals surface area contributed by atoms with Crippen LogP contribution in [-0.4, -0.2) is 4.98 Å². The van der Waals surface area contributed by atoms with Crippen molar-refractivity contribution in [3.8, 4) is 0 Å². The summed E-state index contributed by atoms with van der Waals surface area (Å²) in [5.74, 6) is 0. The van der Waals surface area contributed by atoms with Gasteiger partial charge in [0.15, 0.2) is 5.58 Å². The van der Waals surface area contributed by atoms with E-state index in [1.807, 2.05) is 6.92 Å². The molecule has 1 aromatic carbocycles. The van der Waals surface area contributed by atoms with Crippen molar-refractivity contribution >= 4 is 52.7 Å². The first kappa shape index (κ1) is 11.4. The average Bonchev–Trinajstić information content (AvgIpc) is 2.42. The Morgan fingerprint density at radius 1 is 1.43 bits per heavy atom. The van der Waals surface area contributed by atoms with E-state index in [2.05, 4.69) is 4.98 Å². The summed E-state index contributed by atoms with van der Waals surface area (Å²) < 4.78 is 5.11. The van der Waals surface area contributed by atoms with E-state index in [1.165, 1.54) is 0 Å². The molecule has 0 saturated carbocycles. The molecule has 0 bridgehead atoms. The van der Waals surface area contributed by atoms with Gasteiger partial charge in [-0.2, -0.15) is 4.98 Å². The highest BCUT2D eigenvalue weighted by atomic mass is 35.5. The molecule has 2 rings (SSSR count). The highest BCUT2D eigenvalue weighted by Gasteiger charge is 2.12. The van der Waals surface area contributed by atoms with Crippen LogP contribution in [0.5, 0.6) is 0 Å². The first-order valence-corrected chi connectivity index (χ1v) is 4.36. The molecule has 76 valence electrons. The van der Waals surface area contributed by atoms with Crippen LogP contribution in [0.15, 0.2) is 10.5 Å². The largest absolute Gasteiger partial charge is 0.422 e. The predicted octanol–water partition coefficient (Wildman–Crippen LogP) is 3.45. The van der Waals surface area contributed by atoms with Crippen molar-refractivity contribution in [3.05, 3.63) is 21.7 Å². The number of rotatable bonds is 0. The Morgan fingerprint density at radius 2 is 2.07 bits per heavy atom. The Balaban J connectivity index is 0.000000980. The van der Waals surface area contributed by atoms with Crippen LogP contribution in [0.3, 0.4) is 0 Å². The molecule has 0 saturated heterocycles. The molecule has 14 heavy (non-hydrogen) atoms. The molecule has 0 aliphatic rings. The van der Waals surface area contributed by atoms with Crippen molar-refractivity contribution in [1.82, 2.24) is 4.98 Å². The van der Waals surface area contributed by atoms with Crippen molar-refractivity contribution in [2.24, 2.45) is 0 Å². The van der Waals surface area contributed by atoms with E-state index < -0.39 is 0 Å². The zero-order valence-corrected chi connectivity index (χ0v) is 9.50. The molecule has 2 N–H and O–H groups in total. The third kappa shape index (κ3) is 1.63. The standard InChI is InChI=1S/C8H6Cl2N2O.ClH/c1-3-4(9)2-5-7(6(3)10)13-8(11)12-5;/h2H,1H3,(H2,11,12);1H. The summed E-state index contributed by atoms with van der Waals surface area (Å²) in [6.45, 7) is 1.81. The minimum absolute atomic E-state index is 0. The number of nitrogen functional groups attached to an aromatic ring is 1. The summed E-state index contributed by atoms with van der Waals surface area (Å²) in [6, 6.07) is 1.77. The van der Waals surface area contributed by atoms with Crippen molar-refractivity contribution < 1.29 is 4.42 Å². The first-order chi connectivity index (χ1) is 6.09. The summed E-state index contributed by atoms with van der Waals surface area (Å²) in [5.41, 5.74) is 7.22. The van der Waals surface area contributed by atoms with Crippen molar-refractivity contribution in [2.45, 2.75) is 6.92 Å². The number of benzene rings is 1. The predicted molar refractivity (Wildman–Crippen MR) is 60.4 cm³/mol. The van der Waals surface area contributed by atoms with Gasteiger partial charge in [-0.05, 0) is 18.6 Å². The lowest BCUT2D eigenvalue weighted by Gasteiger charge is -1.99. The van der Waals surface area contributed by atoms with Crippen LogP contribution >= 0.6 is 35.6 Å². The van der Waals surface area contributed by atoms with E-state index in [0.717, 1.165) is 5.56 Å². The highest BCUT2D eigenvalue weighted by molar-refractivity contribution is 6.39. The molecule has 2 aromatic rings. The van der Waals surface area contributed by atoms with E-state index in [4.69, 9.17) is 33.4 Å². The lowest BCUT2D eigenvalue weighted by molar-refractivity contribution is 0.626. The van der Waals surface area contributed by atoms with Crippen LogP contribution in [0.2, 0.25) is 10.0 Å². The van der Waals surface area contributed by atoms with Gasteiger partial charge in [0.05, 0.1) is 5.02 Å². The molecule has 0 fully saturated rings. The van der Waals surface area contributed by atoms with E-state index >= 15 is 0 Å². The minimum atomic E-state index is 0. The molecule has 0 aliphatic carbocycles. The van der Waals surface area contributed by atoms with Crippen LogP contribution in [0, 0.1) is 6.92 Å². The van der Waals surface area contributed by atoms with E-state index in [-0.39, 0.29) is 18.4 Å². The summed E-state index contributed by atoms with van der Waals surface area (Å²) in [7, 11) is 0. The maximum absolute atomic E-state index is 5.97. The van der Waals surface area contributed by atoms with Crippen molar-refractivity contribution in [1.29, 1.82) is 0 Å². The summed E-state index contributed by atoms with van der Waals surface area (Å²) in [5, 5.41) is 1.03. The molecule has 3 nitrogen and oxygen atoms in total. The Kier molecular flexibility index (Phi) is 3.14. The smallest absolute Gasteiger partial charge is 0.293 e. The number of halogens is 3. The molecular formula is C8H7Cl3N2O. The fraction of sp³-hybridized carbons (Fsp3) is 0.125. The maximum atomic E-state index is 5.97. The van der Waals surface area contributed by atoms with Gasteiger partial charge in [0.25, 0.3) is 6.01 Å². The second-order valence-electron chi connectivity index (χ2n) is 2.70. The van der Waals surface area contributed by atoms with Crippen LogP contribution in [0.1, 0.15) is 5.56 Å². The van der Waals surface area contributed by atoms with Gasteiger partial charge in [-0.25, -0.2) is 0 Å². The number of hydrogen-bond donors (Lipinski definition) is 1. The van der Waals surface area contributed by atoms with Gasteiger partial charge in [0, 0.05) is 5.02 Å². The van der Waals surface area contributed by atoms with Gasteiger partial charge >= 0.3 is 0 Å². The van der Waals surface area contributed by atoms with E-state index in [0.29, 0.717) is 21.1 Å². The molecule has 0 amide bonds. The van der Waals surface area contributed by atoms with Gasteiger partial charge in [0.1, 0.15) is 5.52 Å². The van der Waals surface area contributed by atoms with Crippen LogP contribution < -0.4 is 5.73 Å². The van der Waals surface area contributed by atoms with Crippen molar-refractivity contribution in [2.75, 3.05) is 5.73 Å². The third-order valence-corrected chi connectivity index (χ3v) is 2.67. The van der Waals surface area contributed by atoms with E-state index in [1.54, 1.807) is 6.07 Å². The zero-order chi connectivity index (χ0) is 9.59. The lowest BCUT2D eigenvalue weighted by Crippen LogP contribution is -1.80. The topological polar surface area (TPSA) is 52.0 Å². The van der Waals surface area contributed by atoms with Gasteiger partial charge in [-0.1, -0.05) is 23.2 Å². The normalized spacial score (nSPS) is 10.2. The Morgan fingerprint density at radius 3 is 2.71 bits per heavy atom. The van der Waals surface area contributed by atoms with Crippen LogP contribution in [0.4, 0.5) is 6.01 Å². The number of oxazole rings is 1. The fourth-order valence-corrected chi connectivity index (χ4v) is 1.59. The Bertz CT molecular complexity index is 481.